The largest absolute Gasteiger partial charge is 0.475 e. The van der Waals surface area contributed by atoms with E-state index in [9.17, 15) is 8.42 Å². The molecule has 102 valence electrons. The van der Waals surface area contributed by atoms with Gasteiger partial charge >= 0.3 is 0 Å². The third kappa shape index (κ3) is 4.48. The van der Waals surface area contributed by atoms with Crippen LogP contribution in [0.3, 0.4) is 0 Å². The Balaban J connectivity index is 3.20. The van der Waals surface area contributed by atoms with Gasteiger partial charge in [-0.3, -0.25) is 0 Å². The molecular formula is C11H18N2O4S. The van der Waals surface area contributed by atoms with E-state index in [-0.39, 0.29) is 29.1 Å². The first-order chi connectivity index (χ1) is 8.18. The van der Waals surface area contributed by atoms with Crippen LogP contribution in [-0.2, 0) is 9.84 Å². The first kappa shape index (κ1) is 14.7. The van der Waals surface area contributed by atoms with Gasteiger partial charge in [0.1, 0.15) is 0 Å². The van der Waals surface area contributed by atoms with Crippen LogP contribution in [0.25, 0.3) is 0 Å². The molecule has 1 rings (SSSR count). The number of hydrogen-bond acceptors (Lipinski definition) is 6. The second-order valence-corrected chi connectivity index (χ2v) is 6.34. The zero-order valence-corrected chi connectivity index (χ0v) is 12.0. The molecule has 18 heavy (non-hydrogen) atoms. The van der Waals surface area contributed by atoms with Crippen LogP contribution < -0.4 is 9.47 Å². The second kappa shape index (κ2) is 5.51. The Hall–Kier alpha value is -1.37. The van der Waals surface area contributed by atoms with Gasteiger partial charge in [-0.05, 0) is 27.7 Å². The summed E-state index contributed by atoms with van der Waals surface area (Å²) in [5.41, 5.74) is 0. The third-order valence-electron chi connectivity index (χ3n) is 1.70. The maximum atomic E-state index is 11.5. The van der Waals surface area contributed by atoms with E-state index >= 15 is 0 Å². The summed E-state index contributed by atoms with van der Waals surface area (Å²) < 4.78 is 33.7. The number of rotatable bonds is 5. The highest BCUT2D eigenvalue weighted by Crippen LogP contribution is 2.20. The fraction of sp³-hybridized carbons (Fsp3) is 0.636. The van der Waals surface area contributed by atoms with E-state index in [0.717, 1.165) is 6.26 Å². The van der Waals surface area contributed by atoms with Crippen molar-refractivity contribution in [1.29, 1.82) is 0 Å². The summed E-state index contributed by atoms with van der Waals surface area (Å²) in [5.74, 6) is 0.382. The van der Waals surface area contributed by atoms with Crippen LogP contribution >= 0.6 is 0 Å². The minimum atomic E-state index is -3.50. The fourth-order valence-corrected chi connectivity index (χ4v) is 1.66. The van der Waals surface area contributed by atoms with Crippen molar-refractivity contribution < 1.29 is 17.9 Å². The van der Waals surface area contributed by atoms with E-state index in [2.05, 4.69) is 9.97 Å². The minimum absolute atomic E-state index is 0.112. The van der Waals surface area contributed by atoms with Crippen LogP contribution in [-0.4, -0.2) is 36.8 Å². The van der Waals surface area contributed by atoms with Crippen molar-refractivity contribution in [2.24, 2.45) is 0 Å². The highest BCUT2D eigenvalue weighted by Gasteiger charge is 2.16. The first-order valence-corrected chi connectivity index (χ1v) is 7.50. The minimum Gasteiger partial charge on any atom is -0.475 e. The molecular weight excluding hydrogens is 256 g/mol. The van der Waals surface area contributed by atoms with Crippen molar-refractivity contribution in [2.75, 3.05) is 6.26 Å². The lowest BCUT2D eigenvalue weighted by Gasteiger charge is -2.13. The fourth-order valence-electron chi connectivity index (χ4n) is 1.15. The van der Waals surface area contributed by atoms with Crippen LogP contribution in [0.2, 0.25) is 0 Å². The molecule has 7 heteroatoms. The van der Waals surface area contributed by atoms with Gasteiger partial charge in [0.15, 0.2) is 0 Å². The Morgan fingerprint density at radius 1 is 1.00 bits per heavy atom. The molecule has 0 aliphatic rings. The zero-order chi connectivity index (χ0) is 13.9. The highest BCUT2D eigenvalue weighted by atomic mass is 32.2. The van der Waals surface area contributed by atoms with E-state index in [1.165, 1.54) is 6.07 Å². The van der Waals surface area contributed by atoms with Crippen molar-refractivity contribution in [3.05, 3.63) is 6.07 Å². The van der Waals surface area contributed by atoms with Crippen molar-refractivity contribution in [1.82, 2.24) is 9.97 Å². The molecule has 0 aromatic carbocycles. The van der Waals surface area contributed by atoms with Crippen molar-refractivity contribution >= 4 is 9.84 Å². The maximum Gasteiger partial charge on any atom is 0.253 e. The molecule has 0 aliphatic carbocycles. The van der Waals surface area contributed by atoms with Crippen LogP contribution in [0.15, 0.2) is 11.2 Å². The van der Waals surface area contributed by atoms with Gasteiger partial charge in [0, 0.05) is 6.26 Å². The molecule has 0 bridgehead atoms. The van der Waals surface area contributed by atoms with Gasteiger partial charge in [0.05, 0.1) is 18.3 Å². The molecule has 1 heterocycles. The number of nitrogens with zero attached hydrogens (tertiary/aromatic N) is 2. The second-order valence-electron chi connectivity index (χ2n) is 4.43. The molecule has 0 spiro atoms. The molecule has 0 radical (unpaired) electrons. The van der Waals surface area contributed by atoms with Gasteiger partial charge < -0.3 is 9.47 Å². The van der Waals surface area contributed by atoms with Gasteiger partial charge in [-0.2, -0.15) is 9.97 Å². The summed E-state index contributed by atoms with van der Waals surface area (Å²) in [6, 6.07) is 1.48. The molecule has 0 fully saturated rings. The molecule has 0 saturated carbocycles. The lowest BCUT2D eigenvalue weighted by atomic mass is 10.4. The van der Waals surface area contributed by atoms with E-state index in [1.807, 2.05) is 27.7 Å². The lowest BCUT2D eigenvalue weighted by Crippen LogP contribution is -2.13. The summed E-state index contributed by atoms with van der Waals surface area (Å²) in [4.78, 5) is 7.70. The Labute approximate surface area is 107 Å². The Bertz CT molecular complexity index is 484. The molecule has 0 saturated heterocycles. The summed E-state index contributed by atoms with van der Waals surface area (Å²) in [6.45, 7) is 7.30. The van der Waals surface area contributed by atoms with Gasteiger partial charge in [0.25, 0.3) is 5.16 Å². The SMILES string of the molecule is CC(C)Oc1cc(OC(C)C)nc(S(C)(=O)=O)n1. The van der Waals surface area contributed by atoms with Gasteiger partial charge in [-0.15, -0.1) is 0 Å². The average molecular weight is 274 g/mol. The van der Waals surface area contributed by atoms with E-state index in [0.29, 0.717) is 0 Å². The van der Waals surface area contributed by atoms with Crippen molar-refractivity contribution in [3.63, 3.8) is 0 Å². The average Bonchev–Trinajstić information content (AvgIpc) is 2.13. The van der Waals surface area contributed by atoms with Crippen LogP contribution in [0.4, 0.5) is 0 Å². The quantitative estimate of drug-likeness (QED) is 0.756. The monoisotopic (exact) mass is 274 g/mol. The normalized spacial score (nSPS) is 11.9. The summed E-state index contributed by atoms with van der Waals surface area (Å²) in [7, 11) is -3.50. The van der Waals surface area contributed by atoms with Gasteiger partial charge in [-0.1, -0.05) is 0 Å². The Morgan fingerprint density at radius 3 is 1.67 bits per heavy atom. The van der Waals surface area contributed by atoms with E-state index < -0.39 is 9.84 Å². The molecule has 1 aromatic heterocycles. The molecule has 0 unspecified atom stereocenters. The van der Waals surface area contributed by atoms with Crippen LogP contribution in [0, 0.1) is 0 Å². The predicted octanol–water partition coefficient (Wildman–Crippen LogP) is 1.45. The predicted molar refractivity (Wildman–Crippen MR) is 66.7 cm³/mol. The highest BCUT2D eigenvalue weighted by molar-refractivity contribution is 7.90. The molecule has 0 atom stereocenters. The third-order valence-corrected chi connectivity index (χ3v) is 2.55. The number of aromatic nitrogens is 2. The topological polar surface area (TPSA) is 78.4 Å². The molecule has 0 aliphatic heterocycles. The van der Waals surface area contributed by atoms with Crippen molar-refractivity contribution in [2.45, 2.75) is 45.1 Å². The Morgan fingerprint density at radius 2 is 1.39 bits per heavy atom. The van der Waals surface area contributed by atoms with Crippen LogP contribution in [0.5, 0.6) is 11.8 Å². The van der Waals surface area contributed by atoms with Crippen molar-refractivity contribution in [3.8, 4) is 11.8 Å². The Kier molecular flexibility index (Phi) is 4.50. The number of ether oxygens (including phenoxy) is 2. The standard InChI is InChI=1S/C11H18N2O4S/c1-7(2)16-9-6-10(17-8(3)4)13-11(12-9)18(5,14)15/h6-8H,1-5H3. The maximum absolute atomic E-state index is 11.5. The van der Waals surface area contributed by atoms with Gasteiger partial charge in [0.2, 0.25) is 21.6 Å². The lowest BCUT2D eigenvalue weighted by molar-refractivity contribution is 0.212. The first-order valence-electron chi connectivity index (χ1n) is 5.61. The molecule has 6 nitrogen and oxygen atoms in total. The summed E-state index contributed by atoms with van der Waals surface area (Å²) >= 11 is 0. The number of hydrogen-bond donors (Lipinski definition) is 0. The summed E-state index contributed by atoms with van der Waals surface area (Å²) in [6.07, 6.45) is 0.819. The molecule has 0 N–H and O–H groups in total. The number of sulfone groups is 1. The van der Waals surface area contributed by atoms with E-state index in [1.54, 1.807) is 0 Å². The molecule has 1 aromatic rings. The van der Waals surface area contributed by atoms with Crippen LogP contribution in [0.1, 0.15) is 27.7 Å². The van der Waals surface area contributed by atoms with Gasteiger partial charge in [-0.25, -0.2) is 8.42 Å². The molecule has 0 amide bonds. The summed E-state index contributed by atoms with van der Waals surface area (Å²) in [5, 5.41) is -0.295. The smallest absolute Gasteiger partial charge is 0.253 e. The van der Waals surface area contributed by atoms with E-state index in [4.69, 9.17) is 9.47 Å². The zero-order valence-electron chi connectivity index (χ0n) is 11.2.